The highest BCUT2D eigenvalue weighted by atomic mass is 16.3. The van der Waals surface area contributed by atoms with Gasteiger partial charge in [-0.3, -0.25) is 9.80 Å². The number of benzene rings is 1. The SMILES string of the molecule is Cc1cccc(CN2CCN(C)C(C)(C)C2)c1O. The first-order valence-corrected chi connectivity index (χ1v) is 6.61. The maximum absolute atomic E-state index is 10.1. The van der Waals surface area contributed by atoms with Gasteiger partial charge in [0.2, 0.25) is 0 Å². The lowest BCUT2D eigenvalue weighted by atomic mass is 9.99. The topological polar surface area (TPSA) is 26.7 Å². The summed E-state index contributed by atoms with van der Waals surface area (Å²) in [5.41, 5.74) is 2.20. The second-order valence-corrected chi connectivity index (χ2v) is 6.03. The van der Waals surface area contributed by atoms with Crippen molar-refractivity contribution in [2.45, 2.75) is 32.9 Å². The van der Waals surface area contributed by atoms with E-state index in [-0.39, 0.29) is 5.54 Å². The summed E-state index contributed by atoms with van der Waals surface area (Å²) < 4.78 is 0. The molecular weight excluding hydrogens is 224 g/mol. The molecule has 0 amide bonds. The Balaban J connectivity index is 2.09. The second kappa shape index (κ2) is 4.90. The molecule has 1 aromatic carbocycles. The van der Waals surface area contributed by atoms with Crippen LogP contribution >= 0.6 is 0 Å². The normalized spacial score (nSPS) is 21.1. The maximum atomic E-state index is 10.1. The van der Waals surface area contributed by atoms with Crippen LogP contribution in [0.15, 0.2) is 18.2 Å². The van der Waals surface area contributed by atoms with Crippen molar-refractivity contribution < 1.29 is 5.11 Å². The molecule has 2 rings (SSSR count). The average Bonchev–Trinajstić information content (AvgIpc) is 2.29. The van der Waals surface area contributed by atoms with Crippen LogP contribution in [0.2, 0.25) is 0 Å². The summed E-state index contributed by atoms with van der Waals surface area (Å²) >= 11 is 0. The Bertz CT molecular complexity index is 429. The lowest BCUT2D eigenvalue weighted by Gasteiger charge is -2.45. The summed E-state index contributed by atoms with van der Waals surface area (Å²) in [5, 5.41) is 10.1. The molecule has 0 bridgehead atoms. The van der Waals surface area contributed by atoms with Crippen molar-refractivity contribution in [2.24, 2.45) is 0 Å². The van der Waals surface area contributed by atoms with E-state index in [4.69, 9.17) is 0 Å². The van der Waals surface area contributed by atoms with E-state index in [1.807, 2.05) is 25.1 Å². The fourth-order valence-electron chi connectivity index (χ4n) is 2.56. The number of piperazine rings is 1. The smallest absolute Gasteiger partial charge is 0.122 e. The van der Waals surface area contributed by atoms with Gasteiger partial charge in [-0.25, -0.2) is 0 Å². The van der Waals surface area contributed by atoms with Crippen LogP contribution in [0.1, 0.15) is 25.0 Å². The van der Waals surface area contributed by atoms with Gasteiger partial charge in [0.1, 0.15) is 5.75 Å². The van der Waals surface area contributed by atoms with Crippen LogP contribution in [0, 0.1) is 6.92 Å². The molecule has 1 saturated heterocycles. The molecule has 0 saturated carbocycles. The third-order valence-corrected chi connectivity index (χ3v) is 4.11. The van der Waals surface area contributed by atoms with Gasteiger partial charge < -0.3 is 5.11 Å². The monoisotopic (exact) mass is 248 g/mol. The Kier molecular flexibility index (Phi) is 3.64. The van der Waals surface area contributed by atoms with Gasteiger partial charge >= 0.3 is 0 Å². The molecule has 100 valence electrons. The van der Waals surface area contributed by atoms with Crippen molar-refractivity contribution in [2.75, 3.05) is 26.7 Å². The molecular formula is C15H24N2O. The van der Waals surface area contributed by atoms with Gasteiger partial charge in [-0.1, -0.05) is 18.2 Å². The minimum atomic E-state index is 0.206. The molecule has 0 unspecified atom stereocenters. The van der Waals surface area contributed by atoms with Gasteiger partial charge in [0.25, 0.3) is 0 Å². The van der Waals surface area contributed by atoms with E-state index in [2.05, 4.69) is 30.7 Å². The van der Waals surface area contributed by atoms with E-state index >= 15 is 0 Å². The Morgan fingerprint density at radius 2 is 2.00 bits per heavy atom. The van der Waals surface area contributed by atoms with Crippen molar-refractivity contribution in [3.63, 3.8) is 0 Å². The lowest BCUT2D eigenvalue weighted by molar-refractivity contribution is 0.0356. The third kappa shape index (κ3) is 2.68. The maximum Gasteiger partial charge on any atom is 0.122 e. The average molecular weight is 248 g/mol. The predicted molar refractivity (Wildman–Crippen MR) is 74.8 cm³/mol. The van der Waals surface area contributed by atoms with Gasteiger partial charge in [-0.2, -0.15) is 0 Å². The highest BCUT2D eigenvalue weighted by molar-refractivity contribution is 5.39. The van der Waals surface area contributed by atoms with E-state index in [1.54, 1.807) is 0 Å². The number of aryl methyl sites for hydroxylation is 1. The van der Waals surface area contributed by atoms with Crippen LogP contribution in [0.5, 0.6) is 5.75 Å². The van der Waals surface area contributed by atoms with Crippen molar-refractivity contribution in [3.05, 3.63) is 29.3 Å². The minimum absolute atomic E-state index is 0.206. The molecule has 18 heavy (non-hydrogen) atoms. The summed E-state index contributed by atoms with van der Waals surface area (Å²) in [6, 6.07) is 5.99. The number of rotatable bonds is 2. The van der Waals surface area contributed by atoms with Gasteiger partial charge in [-0.15, -0.1) is 0 Å². The van der Waals surface area contributed by atoms with Crippen LogP contribution in [-0.4, -0.2) is 47.1 Å². The Morgan fingerprint density at radius 3 is 2.67 bits per heavy atom. The zero-order valence-electron chi connectivity index (χ0n) is 11.9. The van der Waals surface area contributed by atoms with E-state index in [1.165, 1.54) is 0 Å². The van der Waals surface area contributed by atoms with Crippen molar-refractivity contribution in [1.82, 2.24) is 9.80 Å². The number of likely N-dealkylation sites (N-methyl/N-ethyl adjacent to an activating group) is 1. The first-order valence-electron chi connectivity index (χ1n) is 6.61. The van der Waals surface area contributed by atoms with Gasteiger partial charge in [0, 0.05) is 37.3 Å². The largest absolute Gasteiger partial charge is 0.507 e. The van der Waals surface area contributed by atoms with Crippen LogP contribution < -0.4 is 0 Å². The fraction of sp³-hybridized carbons (Fsp3) is 0.600. The first kappa shape index (κ1) is 13.4. The molecule has 1 fully saturated rings. The Labute approximate surface area is 110 Å². The van der Waals surface area contributed by atoms with Crippen LogP contribution in [0.25, 0.3) is 0 Å². The number of phenolic OH excluding ortho intramolecular Hbond substituents is 1. The summed E-state index contributed by atoms with van der Waals surface area (Å²) in [6.45, 7) is 10.5. The molecule has 1 aliphatic rings. The summed E-state index contributed by atoms with van der Waals surface area (Å²) in [4.78, 5) is 4.83. The summed E-state index contributed by atoms with van der Waals surface area (Å²) in [5.74, 6) is 0.453. The van der Waals surface area contributed by atoms with Crippen molar-refractivity contribution >= 4 is 0 Å². The van der Waals surface area contributed by atoms with Crippen molar-refractivity contribution in [3.8, 4) is 5.75 Å². The zero-order valence-corrected chi connectivity index (χ0v) is 11.9. The predicted octanol–water partition coefficient (Wildman–Crippen LogP) is 2.23. The number of phenols is 1. The molecule has 0 radical (unpaired) electrons. The highest BCUT2D eigenvalue weighted by Gasteiger charge is 2.31. The standard InChI is InChI=1S/C15H24N2O/c1-12-6-5-7-13(14(12)18)10-17-9-8-16(4)15(2,3)11-17/h5-7,18H,8-11H2,1-4H3. The quantitative estimate of drug-likeness (QED) is 0.869. The molecule has 0 aliphatic carbocycles. The second-order valence-electron chi connectivity index (χ2n) is 6.03. The number of para-hydroxylation sites is 1. The molecule has 0 atom stereocenters. The van der Waals surface area contributed by atoms with Gasteiger partial charge in [-0.05, 0) is 33.4 Å². The molecule has 3 nitrogen and oxygen atoms in total. The Hall–Kier alpha value is -1.06. The van der Waals surface area contributed by atoms with E-state index in [9.17, 15) is 5.11 Å². The molecule has 1 heterocycles. The summed E-state index contributed by atoms with van der Waals surface area (Å²) in [7, 11) is 2.18. The van der Waals surface area contributed by atoms with E-state index in [0.29, 0.717) is 5.75 Å². The highest BCUT2D eigenvalue weighted by Crippen LogP contribution is 2.25. The van der Waals surface area contributed by atoms with E-state index < -0.39 is 0 Å². The molecule has 3 heteroatoms. The molecule has 1 N–H and O–H groups in total. The molecule has 0 spiro atoms. The molecule has 0 aromatic heterocycles. The lowest BCUT2D eigenvalue weighted by Crippen LogP contribution is -2.57. The fourth-order valence-corrected chi connectivity index (χ4v) is 2.56. The number of nitrogens with zero attached hydrogens (tertiary/aromatic N) is 2. The van der Waals surface area contributed by atoms with Gasteiger partial charge in [0.05, 0.1) is 0 Å². The number of hydrogen-bond donors (Lipinski definition) is 1. The number of hydrogen-bond acceptors (Lipinski definition) is 3. The van der Waals surface area contributed by atoms with Crippen molar-refractivity contribution in [1.29, 1.82) is 0 Å². The summed E-state index contributed by atoms with van der Waals surface area (Å²) in [6.07, 6.45) is 0. The van der Waals surface area contributed by atoms with Gasteiger partial charge in [0.15, 0.2) is 0 Å². The third-order valence-electron chi connectivity index (χ3n) is 4.11. The minimum Gasteiger partial charge on any atom is -0.507 e. The van der Waals surface area contributed by atoms with Crippen LogP contribution in [-0.2, 0) is 6.54 Å². The van der Waals surface area contributed by atoms with Crippen LogP contribution in [0.4, 0.5) is 0 Å². The first-order chi connectivity index (χ1) is 8.40. The van der Waals surface area contributed by atoms with E-state index in [0.717, 1.165) is 37.3 Å². The van der Waals surface area contributed by atoms with Crippen LogP contribution in [0.3, 0.4) is 0 Å². The zero-order chi connectivity index (χ0) is 13.3. The Morgan fingerprint density at radius 1 is 1.28 bits per heavy atom. The number of aromatic hydroxyl groups is 1. The molecule has 1 aromatic rings. The molecule has 1 aliphatic heterocycles.